The lowest BCUT2D eigenvalue weighted by Gasteiger charge is -1.97. The van der Waals surface area contributed by atoms with E-state index in [4.69, 9.17) is 0 Å². The first-order valence-electron chi connectivity index (χ1n) is 5.43. The van der Waals surface area contributed by atoms with Gasteiger partial charge in [0.25, 0.3) is 0 Å². The molecule has 0 rings (SSSR count). The Morgan fingerprint density at radius 2 is 1.57 bits per heavy atom. The maximum Gasteiger partial charge on any atom is 0.120 e. The van der Waals surface area contributed by atoms with E-state index >= 15 is 0 Å². The third-order valence-corrected chi connectivity index (χ3v) is 1.95. The molecular weight excluding hydrogens is 172 g/mol. The van der Waals surface area contributed by atoms with Gasteiger partial charge in [-0.3, -0.25) is 0 Å². The second-order valence-corrected chi connectivity index (χ2v) is 4.06. The predicted octanol–water partition coefficient (Wildman–Crippen LogP) is 3.76. The summed E-state index contributed by atoms with van der Waals surface area (Å²) in [5, 5.41) is 0. The van der Waals surface area contributed by atoms with Crippen LogP contribution in [0.3, 0.4) is 0 Å². The molecule has 0 N–H and O–H groups in total. The molecule has 0 heterocycles. The van der Waals surface area contributed by atoms with Gasteiger partial charge in [0.2, 0.25) is 0 Å². The molecule has 14 heavy (non-hydrogen) atoms. The third-order valence-electron chi connectivity index (χ3n) is 1.95. The molecule has 0 aliphatic rings. The van der Waals surface area contributed by atoms with E-state index in [1.54, 1.807) is 0 Å². The molecule has 1 atom stereocenters. The van der Waals surface area contributed by atoms with Crippen LogP contribution in [0.1, 0.15) is 40.0 Å². The largest absolute Gasteiger partial charge is 0.303 e. The molecule has 0 saturated carbocycles. The van der Waals surface area contributed by atoms with Gasteiger partial charge in [0.15, 0.2) is 0 Å². The average Bonchev–Trinajstić information content (AvgIpc) is 2.11. The Labute approximate surface area is 87.9 Å². The molecule has 0 radical (unpaired) electrons. The third kappa shape index (κ3) is 9.24. The quantitative estimate of drug-likeness (QED) is 0.342. The van der Waals surface area contributed by atoms with E-state index in [2.05, 4.69) is 45.1 Å². The van der Waals surface area contributed by atoms with E-state index in [1.165, 1.54) is 0 Å². The molecule has 0 aliphatic carbocycles. The number of hydrogen-bond donors (Lipinski definition) is 0. The highest BCUT2D eigenvalue weighted by atomic mass is 16.1. The van der Waals surface area contributed by atoms with Gasteiger partial charge in [-0.05, 0) is 24.7 Å². The van der Waals surface area contributed by atoms with Gasteiger partial charge in [0.1, 0.15) is 6.29 Å². The van der Waals surface area contributed by atoms with Crippen LogP contribution in [0, 0.1) is 11.8 Å². The summed E-state index contributed by atoms with van der Waals surface area (Å²) in [6, 6.07) is 0. The van der Waals surface area contributed by atoms with Crippen molar-refractivity contribution in [1.29, 1.82) is 0 Å². The van der Waals surface area contributed by atoms with Crippen molar-refractivity contribution in [2.24, 2.45) is 11.8 Å². The maximum absolute atomic E-state index is 10.2. The molecule has 0 aromatic heterocycles. The maximum atomic E-state index is 10.2. The number of carbonyl (C=O) groups is 1. The fourth-order valence-electron chi connectivity index (χ4n) is 1.12. The lowest BCUT2D eigenvalue weighted by Crippen LogP contribution is -1.88. The number of hydrogen-bond acceptors (Lipinski definition) is 1. The van der Waals surface area contributed by atoms with Crippen molar-refractivity contribution in [3.05, 3.63) is 24.3 Å². The van der Waals surface area contributed by atoms with Gasteiger partial charge in [-0.15, -0.1) is 0 Å². The monoisotopic (exact) mass is 194 g/mol. The summed E-state index contributed by atoms with van der Waals surface area (Å²) in [5.74, 6) is 1.04. The topological polar surface area (TPSA) is 17.1 Å². The summed E-state index contributed by atoms with van der Waals surface area (Å²) < 4.78 is 0. The van der Waals surface area contributed by atoms with Crippen LogP contribution in [0.2, 0.25) is 0 Å². The molecule has 0 spiro atoms. The summed E-state index contributed by atoms with van der Waals surface area (Å²) in [4.78, 5) is 10.2. The predicted molar refractivity (Wildman–Crippen MR) is 62.2 cm³/mol. The average molecular weight is 194 g/mol. The lowest BCUT2D eigenvalue weighted by molar-refractivity contribution is -0.108. The number of carbonyl (C=O) groups excluding carboxylic acids is 1. The molecule has 1 unspecified atom stereocenters. The zero-order valence-corrected chi connectivity index (χ0v) is 9.57. The van der Waals surface area contributed by atoms with Crippen molar-refractivity contribution in [3.8, 4) is 0 Å². The van der Waals surface area contributed by atoms with Crippen LogP contribution in [0.4, 0.5) is 0 Å². The van der Waals surface area contributed by atoms with Gasteiger partial charge in [-0.1, -0.05) is 45.1 Å². The Bertz CT molecular complexity index is 189. The summed E-state index contributed by atoms with van der Waals surface area (Å²) in [6.07, 6.45) is 12.5. The highest BCUT2D eigenvalue weighted by molar-refractivity contribution is 5.50. The SMILES string of the molecule is CC(C)C=CCCC=CC(C)CC=O. The summed E-state index contributed by atoms with van der Waals surface area (Å²) in [6.45, 7) is 6.42. The number of aldehydes is 1. The second-order valence-electron chi connectivity index (χ2n) is 4.06. The Hall–Kier alpha value is -0.850. The normalized spacial score (nSPS) is 14.3. The highest BCUT2D eigenvalue weighted by Crippen LogP contribution is 2.04. The summed E-state index contributed by atoms with van der Waals surface area (Å²) in [7, 11) is 0. The number of rotatable bonds is 7. The van der Waals surface area contributed by atoms with E-state index in [-0.39, 0.29) is 0 Å². The minimum Gasteiger partial charge on any atom is -0.303 e. The van der Waals surface area contributed by atoms with Crippen LogP contribution in [0.5, 0.6) is 0 Å². The molecule has 0 fully saturated rings. The van der Waals surface area contributed by atoms with Crippen molar-refractivity contribution in [2.45, 2.75) is 40.0 Å². The van der Waals surface area contributed by atoms with E-state index in [0.29, 0.717) is 18.3 Å². The first kappa shape index (κ1) is 13.2. The van der Waals surface area contributed by atoms with Gasteiger partial charge in [0, 0.05) is 6.42 Å². The second kappa shape index (κ2) is 8.74. The molecular formula is C13H22O. The van der Waals surface area contributed by atoms with Crippen LogP contribution in [0.15, 0.2) is 24.3 Å². The Balaban J connectivity index is 3.48. The van der Waals surface area contributed by atoms with Crippen LogP contribution in [-0.2, 0) is 4.79 Å². The minimum atomic E-state index is 0.390. The van der Waals surface area contributed by atoms with Gasteiger partial charge < -0.3 is 4.79 Å². The first-order valence-corrected chi connectivity index (χ1v) is 5.43. The van der Waals surface area contributed by atoms with Crippen molar-refractivity contribution in [1.82, 2.24) is 0 Å². The smallest absolute Gasteiger partial charge is 0.120 e. The standard InChI is InChI=1S/C13H22O/c1-12(2)8-6-4-5-7-9-13(3)10-11-14/h6-9,11-13H,4-5,10H2,1-3H3. The molecule has 0 saturated heterocycles. The molecule has 0 aromatic carbocycles. The summed E-state index contributed by atoms with van der Waals surface area (Å²) >= 11 is 0. The Morgan fingerprint density at radius 3 is 2.07 bits per heavy atom. The molecule has 0 bridgehead atoms. The van der Waals surface area contributed by atoms with Gasteiger partial charge in [0.05, 0.1) is 0 Å². The molecule has 80 valence electrons. The van der Waals surface area contributed by atoms with E-state index in [9.17, 15) is 4.79 Å². The van der Waals surface area contributed by atoms with Crippen molar-refractivity contribution < 1.29 is 4.79 Å². The van der Waals surface area contributed by atoms with Gasteiger partial charge in [-0.25, -0.2) is 0 Å². The molecule has 1 heteroatoms. The molecule has 0 aromatic rings. The zero-order valence-electron chi connectivity index (χ0n) is 9.57. The Kier molecular flexibility index (Phi) is 8.20. The van der Waals surface area contributed by atoms with Crippen LogP contribution >= 0.6 is 0 Å². The van der Waals surface area contributed by atoms with E-state index < -0.39 is 0 Å². The lowest BCUT2D eigenvalue weighted by atomic mass is 10.1. The van der Waals surface area contributed by atoms with Crippen LogP contribution in [0.25, 0.3) is 0 Å². The number of unbranched alkanes of at least 4 members (excludes halogenated alkanes) is 1. The molecule has 1 nitrogen and oxygen atoms in total. The highest BCUT2D eigenvalue weighted by Gasteiger charge is 1.92. The number of allylic oxidation sites excluding steroid dienone is 4. The Morgan fingerprint density at radius 1 is 1.00 bits per heavy atom. The van der Waals surface area contributed by atoms with Gasteiger partial charge in [-0.2, -0.15) is 0 Å². The minimum absolute atomic E-state index is 0.390. The fraction of sp³-hybridized carbons (Fsp3) is 0.615. The molecule has 0 aliphatic heterocycles. The molecule has 0 amide bonds. The van der Waals surface area contributed by atoms with Crippen molar-refractivity contribution in [3.63, 3.8) is 0 Å². The van der Waals surface area contributed by atoms with E-state index in [1.807, 2.05) is 0 Å². The van der Waals surface area contributed by atoms with Crippen LogP contribution in [-0.4, -0.2) is 6.29 Å². The van der Waals surface area contributed by atoms with Crippen molar-refractivity contribution >= 4 is 6.29 Å². The van der Waals surface area contributed by atoms with E-state index in [0.717, 1.165) is 19.1 Å². The summed E-state index contributed by atoms with van der Waals surface area (Å²) in [5.41, 5.74) is 0. The first-order chi connectivity index (χ1) is 6.66. The van der Waals surface area contributed by atoms with Crippen molar-refractivity contribution in [2.75, 3.05) is 0 Å². The van der Waals surface area contributed by atoms with Crippen LogP contribution < -0.4 is 0 Å². The van der Waals surface area contributed by atoms with Gasteiger partial charge >= 0.3 is 0 Å². The fourth-order valence-corrected chi connectivity index (χ4v) is 1.12. The zero-order chi connectivity index (χ0) is 10.8.